The Morgan fingerprint density at radius 2 is 1.72 bits per heavy atom. The molecule has 0 saturated carbocycles. The number of carbonyl (C=O) groups excluding carboxylic acids is 1. The first-order valence-electron chi connectivity index (χ1n) is 9.01. The Hall–Kier alpha value is -2.01. The van der Waals surface area contributed by atoms with Gasteiger partial charge in [0.15, 0.2) is 5.75 Å². The highest BCUT2D eigenvalue weighted by Crippen LogP contribution is 2.36. The quantitative estimate of drug-likeness (QED) is 0.224. The number of anilines is 1. The lowest BCUT2D eigenvalue weighted by atomic mass is 10.1. The number of halogens is 5. The third-order valence-electron chi connectivity index (χ3n) is 4.17. The lowest BCUT2D eigenvalue weighted by Crippen LogP contribution is -2.13. The van der Waals surface area contributed by atoms with Crippen molar-refractivity contribution in [3.63, 3.8) is 0 Å². The Balaban J connectivity index is 1.76. The topological polar surface area (TPSA) is 62.1 Å². The molecule has 0 bridgehead atoms. The van der Waals surface area contributed by atoms with Gasteiger partial charge in [-0.15, -0.1) is 0 Å². The van der Waals surface area contributed by atoms with Crippen molar-refractivity contribution in [3.8, 4) is 11.8 Å². The Morgan fingerprint density at radius 3 is 2.34 bits per heavy atom. The van der Waals surface area contributed by atoms with Crippen molar-refractivity contribution in [3.05, 3.63) is 95.3 Å². The van der Waals surface area contributed by atoms with Crippen LogP contribution in [0, 0.1) is 11.3 Å². The van der Waals surface area contributed by atoms with Gasteiger partial charge in [-0.25, -0.2) is 0 Å². The first kappa shape index (κ1) is 24.6. The Kier molecular flexibility index (Phi) is 8.64. The highest BCUT2D eigenvalue weighted by molar-refractivity contribution is 9.10. The normalized spacial score (nSPS) is 11.1. The molecule has 0 fully saturated rings. The number of rotatable bonds is 6. The fourth-order valence-electron chi connectivity index (χ4n) is 2.63. The van der Waals surface area contributed by atoms with Crippen LogP contribution in [0.2, 0.25) is 15.1 Å². The second kappa shape index (κ2) is 11.2. The maximum absolute atomic E-state index is 12.5. The average Bonchev–Trinajstić information content (AvgIpc) is 2.75. The van der Waals surface area contributed by atoms with Crippen molar-refractivity contribution < 1.29 is 9.53 Å². The zero-order valence-electron chi connectivity index (χ0n) is 16.1. The van der Waals surface area contributed by atoms with Gasteiger partial charge in [-0.2, -0.15) is 5.26 Å². The molecule has 162 valence electrons. The van der Waals surface area contributed by atoms with E-state index >= 15 is 0 Å². The lowest BCUT2D eigenvalue weighted by molar-refractivity contribution is -0.112. The van der Waals surface area contributed by atoms with Crippen molar-refractivity contribution >= 4 is 84.3 Å². The van der Waals surface area contributed by atoms with Gasteiger partial charge in [-0.3, -0.25) is 4.79 Å². The number of carbonyl (C=O) groups is 1. The summed E-state index contributed by atoms with van der Waals surface area (Å²) in [6.07, 6.45) is 1.45. The van der Waals surface area contributed by atoms with Crippen LogP contribution in [0.1, 0.15) is 11.1 Å². The largest absolute Gasteiger partial charge is 0.486 e. The van der Waals surface area contributed by atoms with Gasteiger partial charge in [0.25, 0.3) is 5.91 Å². The average molecular weight is 616 g/mol. The number of ether oxygens (including phenoxy) is 1. The van der Waals surface area contributed by atoms with Gasteiger partial charge in [0.2, 0.25) is 0 Å². The molecule has 0 saturated heterocycles. The standard InChI is InChI=1S/C23H13Br2Cl3N2O2/c24-16-2-4-17(5-3-16)30-23(31)15(11-29)7-14-8-18(25)22(21(28)10-14)32-12-13-1-6-19(26)20(27)9-13/h1-10H,12H2,(H,30,31)/b15-7-. The van der Waals surface area contributed by atoms with Gasteiger partial charge >= 0.3 is 0 Å². The molecule has 0 radical (unpaired) electrons. The van der Waals surface area contributed by atoms with Gasteiger partial charge in [-0.05, 0) is 81.7 Å². The number of hydrogen-bond donors (Lipinski definition) is 1. The third-order valence-corrected chi connectivity index (χ3v) is 6.30. The van der Waals surface area contributed by atoms with Gasteiger partial charge in [0.1, 0.15) is 18.2 Å². The third kappa shape index (κ3) is 6.50. The van der Waals surface area contributed by atoms with Crippen LogP contribution in [0.3, 0.4) is 0 Å². The van der Waals surface area contributed by atoms with Crippen molar-refractivity contribution in [2.45, 2.75) is 6.61 Å². The van der Waals surface area contributed by atoms with Gasteiger partial charge in [0, 0.05) is 10.2 Å². The molecule has 1 amide bonds. The summed E-state index contributed by atoms with van der Waals surface area (Å²) < 4.78 is 7.27. The molecular formula is C23H13Br2Cl3N2O2. The van der Waals surface area contributed by atoms with Crippen molar-refractivity contribution in [2.75, 3.05) is 5.32 Å². The number of nitrogens with one attached hydrogen (secondary N) is 1. The number of hydrogen-bond acceptors (Lipinski definition) is 3. The summed E-state index contributed by atoms with van der Waals surface area (Å²) in [5, 5.41) is 13.3. The fourth-order valence-corrected chi connectivity index (χ4v) is 4.21. The fraction of sp³-hybridized carbons (Fsp3) is 0.0435. The minimum Gasteiger partial charge on any atom is -0.486 e. The van der Waals surface area contributed by atoms with Crippen LogP contribution in [0.25, 0.3) is 6.08 Å². The van der Waals surface area contributed by atoms with Crippen LogP contribution in [0.4, 0.5) is 5.69 Å². The van der Waals surface area contributed by atoms with Crippen LogP contribution in [-0.2, 0) is 11.4 Å². The Bertz CT molecular complexity index is 1220. The predicted octanol–water partition coefficient (Wildman–Crippen LogP) is 8.30. The first-order valence-corrected chi connectivity index (χ1v) is 11.7. The van der Waals surface area contributed by atoms with Gasteiger partial charge < -0.3 is 10.1 Å². The molecule has 0 heterocycles. The molecule has 0 spiro atoms. The SMILES string of the molecule is N#C/C(=C/c1cc(Cl)c(OCc2ccc(Cl)c(Cl)c2)c(Br)c1)C(=O)Nc1ccc(Br)cc1. The van der Waals surface area contributed by atoms with Crippen LogP contribution in [0.15, 0.2) is 69.1 Å². The zero-order chi connectivity index (χ0) is 23.3. The smallest absolute Gasteiger partial charge is 0.266 e. The molecule has 3 rings (SSSR count). The number of nitrogens with zero attached hydrogens (tertiary/aromatic N) is 1. The maximum atomic E-state index is 12.5. The minimum atomic E-state index is -0.526. The van der Waals surface area contributed by atoms with Gasteiger partial charge in [-0.1, -0.05) is 56.8 Å². The molecule has 0 aliphatic carbocycles. The van der Waals surface area contributed by atoms with Gasteiger partial charge in [0.05, 0.1) is 19.5 Å². The van der Waals surface area contributed by atoms with Crippen molar-refractivity contribution in [1.82, 2.24) is 0 Å². The molecule has 4 nitrogen and oxygen atoms in total. The van der Waals surface area contributed by atoms with E-state index in [1.807, 2.05) is 6.07 Å². The molecule has 9 heteroatoms. The summed E-state index contributed by atoms with van der Waals surface area (Å²) in [6, 6.07) is 17.5. The van der Waals surface area contributed by atoms with E-state index in [0.29, 0.717) is 36.5 Å². The molecule has 0 aromatic heterocycles. The molecule has 3 aromatic carbocycles. The Labute approximate surface area is 217 Å². The highest BCUT2D eigenvalue weighted by atomic mass is 79.9. The van der Waals surface area contributed by atoms with E-state index in [1.54, 1.807) is 54.6 Å². The molecule has 0 atom stereocenters. The molecule has 0 aliphatic heterocycles. The van der Waals surface area contributed by atoms with E-state index in [4.69, 9.17) is 39.5 Å². The first-order chi connectivity index (χ1) is 15.3. The Morgan fingerprint density at radius 1 is 1.00 bits per heavy atom. The number of amides is 1. The van der Waals surface area contributed by atoms with Crippen LogP contribution in [0.5, 0.6) is 5.75 Å². The van der Waals surface area contributed by atoms with E-state index in [1.165, 1.54) is 6.08 Å². The van der Waals surface area contributed by atoms with E-state index in [-0.39, 0.29) is 12.2 Å². The molecule has 32 heavy (non-hydrogen) atoms. The van der Waals surface area contributed by atoms with Crippen LogP contribution < -0.4 is 10.1 Å². The van der Waals surface area contributed by atoms with Crippen molar-refractivity contribution in [2.24, 2.45) is 0 Å². The van der Waals surface area contributed by atoms with E-state index in [2.05, 4.69) is 37.2 Å². The summed E-state index contributed by atoms with van der Waals surface area (Å²) in [5.74, 6) is -0.102. The molecular weight excluding hydrogens is 602 g/mol. The van der Waals surface area contributed by atoms with Crippen molar-refractivity contribution in [1.29, 1.82) is 5.26 Å². The summed E-state index contributed by atoms with van der Waals surface area (Å²) in [7, 11) is 0. The summed E-state index contributed by atoms with van der Waals surface area (Å²) in [6.45, 7) is 0.226. The summed E-state index contributed by atoms with van der Waals surface area (Å²) in [5.41, 5.74) is 1.89. The molecule has 0 aliphatic rings. The number of nitriles is 1. The lowest BCUT2D eigenvalue weighted by Gasteiger charge is -2.12. The summed E-state index contributed by atoms with van der Waals surface area (Å²) in [4.78, 5) is 12.5. The molecule has 3 aromatic rings. The minimum absolute atomic E-state index is 0.0691. The molecule has 0 unspecified atom stereocenters. The van der Waals surface area contributed by atoms with Crippen LogP contribution in [-0.4, -0.2) is 5.91 Å². The zero-order valence-corrected chi connectivity index (χ0v) is 21.6. The molecule has 1 N–H and O–H groups in total. The summed E-state index contributed by atoms with van der Waals surface area (Å²) >= 11 is 25.1. The predicted molar refractivity (Wildman–Crippen MR) is 136 cm³/mol. The van der Waals surface area contributed by atoms with E-state index in [0.717, 1.165) is 10.0 Å². The highest BCUT2D eigenvalue weighted by Gasteiger charge is 2.13. The maximum Gasteiger partial charge on any atom is 0.266 e. The van der Waals surface area contributed by atoms with E-state index in [9.17, 15) is 10.1 Å². The van der Waals surface area contributed by atoms with E-state index < -0.39 is 5.91 Å². The number of benzene rings is 3. The second-order valence-electron chi connectivity index (χ2n) is 6.48. The second-order valence-corrected chi connectivity index (χ2v) is 9.47. The van der Waals surface area contributed by atoms with Crippen LogP contribution >= 0.6 is 66.7 Å². The monoisotopic (exact) mass is 612 g/mol.